The predicted octanol–water partition coefficient (Wildman–Crippen LogP) is 4.49. The second kappa shape index (κ2) is 7.59. The lowest BCUT2D eigenvalue weighted by Gasteiger charge is -2.28. The molecule has 0 bridgehead atoms. The van der Waals surface area contributed by atoms with Crippen LogP contribution >= 0.6 is 0 Å². The highest BCUT2D eigenvalue weighted by atomic mass is 16.6. The summed E-state index contributed by atoms with van der Waals surface area (Å²) in [6.45, 7) is 8.56. The number of hydrogen-bond acceptors (Lipinski definition) is 5. The number of aryl methyl sites for hydroxylation is 1. The van der Waals surface area contributed by atoms with Crippen LogP contribution in [0.1, 0.15) is 43.8 Å². The van der Waals surface area contributed by atoms with Crippen molar-refractivity contribution in [1.29, 1.82) is 5.26 Å². The third-order valence-electron chi connectivity index (χ3n) is 5.44. The van der Waals surface area contributed by atoms with Gasteiger partial charge in [0.15, 0.2) is 6.10 Å². The van der Waals surface area contributed by atoms with Gasteiger partial charge in [0.1, 0.15) is 11.1 Å². The van der Waals surface area contributed by atoms with Crippen molar-refractivity contribution in [1.82, 2.24) is 5.32 Å². The number of hydrogen-bond donors (Lipinski definition) is 1. The molecule has 3 rings (SSSR count). The van der Waals surface area contributed by atoms with Crippen molar-refractivity contribution in [3.63, 3.8) is 0 Å². The minimum atomic E-state index is -1.07. The number of carbonyl (C=O) groups excluding carboxylic acids is 2. The highest BCUT2D eigenvalue weighted by Gasteiger charge is 2.33. The van der Waals surface area contributed by atoms with Gasteiger partial charge in [-0.2, -0.15) is 5.26 Å². The minimum Gasteiger partial charge on any atom is -0.448 e. The SMILES string of the molecule is Cc1c(C(=O)O[C@H](C)C(=O)N[C@@](C)(C#N)C(C)C)oc2c1ccc1ccccc12. The Morgan fingerprint density at radius 2 is 1.83 bits per heavy atom. The number of carbonyl (C=O) groups is 2. The highest BCUT2D eigenvalue weighted by molar-refractivity contribution is 6.08. The first-order valence-corrected chi connectivity index (χ1v) is 9.53. The van der Waals surface area contributed by atoms with E-state index in [0.717, 1.165) is 16.2 Å². The van der Waals surface area contributed by atoms with E-state index < -0.39 is 23.5 Å². The molecule has 0 aliphatic rings. The van der Waals surface area contributed by atoms with Crippen molar-refractivity contribution in [3.05, 3.63) is 47.7 Å². The Kier molecular flexibility index (Phi) is 5.34. The van der Waals surface area contributed by atoms with Gasteiger partial charge in [-0.05, 0) is 32.1 Å². The van der Waals surface area contributed by atoms with Gasteiger partial charge in [0.25, 0.3) is 5.91 Å². The second-order valence-corrected chi connectivity index (χ2v) is 7.73. The third kappa shape index (κ3) is 3.68. The van der Waals surface area contributed by atoms with Crippen LogP contribution in [-0.2, 0) is 9.53 Å². The summed E-state index contributed by atoms with van der Waals surface area (Å²) in [6, 6.07) is 13.7. The number of rotatable bonds is 5. The molecule has 0 spiro atoms. The first kappa shape index (κ1) is 20.4. The maximum Gasteiger partial charge on any atom is 0.375 e. The molecule has 2 aromatic carbocycles. The number of esters is 1. The molecule has 0 radical (unpaired) electrons. The van der Waals surface area contributed by atoms with E-state index in [1.165, 1.54) is 6.92 Å². The zero-order valence-electron chi connectivity index (χ0n) is 17.2. The van der Waals surface area contributed by atoms with Crippen molar-refractivity contribution in [2.24, 2.45) is 5.92 Å². The van der Waals surface area contributed by atoms with Crippen LogP contribution in [0, 0.1) is 24.2 Å². The van der Waals surface area contributed by atoms with Gasteiger partial charge in [-0.3, -0.25) is 4.79 Å². The number of nitrogens with one attached hydrogen (secondary N) is 1. The lowest BCUT2D eigenvalue weighted by molar-refractivity contribution is -0.130. The molecule has 1 amide bonds. The Bertz CT molecular complexity index is 1140. The van der Waals surface area contributed by atoms with Gasteiger partial charge in [0.2, 0.25) is 5.76 Å². The van der Waals surface area contributed by atoms with Gasteiger partial charge < -0.3 is 14.5 Å². The fourth-order valence-corrected chi connectivity index (χ4v) is 3.07. The van der Waals surface area contributed by atoms with Gasteiger partial charge in [-0.15, -0.1) is 0 Å². The average Bonchev–Trinajstić information content (AvgIpc) is 3.04. The molecule has 0 saturated heterocycles. The predicted molar refractivity (Wildman–Crippen MR) is 110 cm³/mol. The molecule has 2 atom stereocenters. The normalized spacial score (nSPS) is 14.4. The van der Waals surface area contributed by atoms with Crippen LogP contribution in [0.3, 0.4) is 0 Å². The van der Waals surface area contributed by atoms with E-state index in [1.807, 2.05) is 50.2 Å². The van der Waals surface area contributed by atoms with Crippen LogP contribution in [0.5, 0.6) is 0 Å². The monoisotopic (exact) mass is 392 g/mol. The van der Waals surface area contributed by atoms with Crippen molar-refractivity contribution >= 4 is 33.6 Å². The zero-order chi connectivity index (χ0) is 21.3. The van der Waals surface area contributed by atoms with Crippen molar-refractivity contribution in [2.75, 3.05) is 0 Å². The Morgan fingerprint density at radius 3 is 2.48 bits per heavy atom. The van der Waals surface area contributed by atoms with E-state index in [4.69, 9.17) is 9.15 Å². The lowest BCUT2D eigenvalue weighted by Crippen LogP contribution is -2.52. The van der Waals surface area contributed by atoms with E-state index >= 15 is 0 Å². The molecule has 150 valence electrons. The molecule has 6 nitrogen and oxygen atoms in total. The smallest absolute Gasteiger partial charge is 0.375 e. The molecule has 6 heteroatoms. The van der Waals surface area contributed by atoms with Crippen LogP contribution in [-0.4, -0.2) is 23.5 Å². The molecule has 0 unspecified atom stereocenters. The first-order valence-electron chi connectivity index (χ1n) is 9.53. The molecular formula is C23H24N2O4. The average molecular weight is 392 g/mol. The highest BCUT2D eigenvalue weighted by Crippen LogP contribution is 2.32. The Balaban J connectivity index is 1.85. The molecular weight excluding hydrogens is 368 g/mol. The summed E-state index contributed by atoms with van der Waals surface area (Å²) in [6.07, 6.45) is -1.07. The standard InChI is InChI=1S/C23H24N2O4/c1-13(2)23(5,12-24)25-21(26)15(4)28-22(27)19-14(3)17-11-10-16-8-6-7-9-18(16)20(17)29-19/h6-11,13,15H,1-5H3,(H,25,26)/t15-,23+/m1/s1. The molecule has 1 heterocycles. The zero-order valence-corrected chi connectivity index (χ0v) is 17.2. The number of furan rings is 1. The van der Waals surface area contributed by atoms with Gasteiger partial charge in [-0.25, -0.2) is 4.79 Å². The fraction of sp³-hybridized carbons (Fsp3) is 0.348. The third-order valence-corrected chi connectivity index (χ3v) is 5.44. The van der Waals surface area contributed by atoms with Gasteiger partial charge in [0.05, 0.1) is 6.07 Å². The number of nitriles is 1. The molecule has 1 aromatic heterocycles. The topological polar surface area (TPSA) is 92.3 Å². The summed E-state index contributed by atoms with van der Waals surface area (Å²) in [7, 11) is 0. The van der Waals surface area contributed by atoms with E-state index in [-0.39, 0.29) is 11.7 Å². The Hall–Kier alpha value is -3.33. The number of fused-ring (bicyclic) bond motifs is 3. The maximum absolute atomic E-state index is 12.7. The van der Waals surface area contributed by atoms with Crippen LogP contribution in [0.25, 0.3) is 21.7 Å². The molecule has 3 aromatic rings. The molecule has 0 aliphatic carbocycles. The molecule has 0 fully saturated rings. The summed E-state index contributed by atoms with van der Waals surface area (Å²) in [5, 5.41) is 14.8. The molecule has 1 N–H and O–H groups in total. The number of nitrogens with zero attached hydrogens (tertiary/aromatic N) is 1. The fourth-order valence-electron chi connectivity index (χ4n) is 3.07. The molecule has 0 saturated carbocycles. The maximum atomic E-state index is 12.7. The number of benzene rings is 2. The Labute approximate surface area is 169 Å². The molecule has 29 heavy (non-hydrogen) atoms. The second-order valence-electron chi connectivity index (χ2n) is 7.73. The number of ether oxygens (including phenoxy) is 1. The summed E-state index contributed by atoms with van der Waals surface area (Å²) in [5.74, 6) is -1.28. The summed E-state index contributed by atoms with van der Waals surface area (Å²) in [5.41, 5.74) is 0.222. The van der Waals surface area contributed by atoms with Crippen LogP contribution < -0.4 is 5.32 Å². The van der Waals surface area contributed by atoms with E-state index in [9.17, 15) is 14.9 Å². The van der Waals surface area contributed by atoms with Crippen molar-refractivity contribution < 1.29 is 18.7 Å². The largest absolute Gasteiger partial charge is 0.448 e. The van der Waals surface area contributed by atoms with Gasteiger partial charge >= 0.3 is 5.97 Å². The Morgan fingerprint density at radius 1 is 1.14 bits per heavy atom. The van der Waals surface area contributed by atoms with Crippen LogP contribution in [0.15, 0.2) is 40.8 Å². The molecule has 0 aliphatic heterocycles. The van der Waals surface area contributed by atoms with E-state index in [2.05, 4.69) is 11.4 Å². The summed E-state index contributed by atoms with van der Waals surface area (Å²) in [4.78, 5) is 25.1. The van der Waals surface area contributed by atoms with Crippen molar-refractivity contribution in [3.8, 4) is 6.07 Å². The van der Waals surface area contributed by atoms with E-state index in [0.29, 0.717) is 11.1 Å². The van der Waals surface area contributed by atoms with Crippen LogP contribution in [0.2, 0.25) is 0 Å². The number of amides is 1. The van der Waals surface area contributed by atoms with Crippen LogP contribution in [0.4, 0.5) is 0 Å². The quantitative estimate of drug-likeness (QED) is 0.646. The van der Waals surface area contributed by atoms with Gasteiger partial charge in [0, 0.05) is 16.3 Å². The summed E-state index contributed by atoms with van der Waals surface area (Å²) >= 11 is 0. The minimum absolute atomic E-state index is 0.0721. The van der Waals surface area contributed by atoms with E-state index in [1.54, 1.807) is 13.8 Å². The first-order chi connectivity index (χ1) is 13.7. The van der Waals surface area contributed by atoms with Crippen molar-refractivity contribution in [2.45, 2.75) is 46.3 Å². The summed E-state index contributed by atoms with van der Waals surface area (Å²) < 4.78 is 11.2. The van der Waals surface area contributed by atoms with Gasteiger partial charge in [-0.1, -0.05) is 50.2 Å². The lowest BCUT2D eigenvalue weighted by atomic mass is 9.90.